The number of imidazole rings is 1. The minimum atomic E-state index is -0.333. The Morgan fingerprint density at radius 1 is 1.27 bits per heavy atom. The first kappa shape index (κ1) is 18.2. The van der Waals surface area contributed by atoms with E-state index in [0.717, 1.165) is 5.56 Å². The number of anilines is 1. The third-order valence-electron chi connectivity index (χ3n) is 3.73. The third kappa shape index (κ3) is 3.95. The fourth-order valence-electron chi connectivity index (χ4n) is 2.58. The summed E-state index contributed by atoms with van der Waals surface area (Å²) in [4.78, 5) is 17.1. The van der Waals surface area contributed by atoms with Crippen LogP contribution >= 0.6 is 11.8 Å². The molecule has 26 heavy (non-hydrogen) atoms. The summed E-state index contributed by atoms with van der Waals surface area (Å²) in [5, 5.41) is 3.53. The van der Waals surface area contributed by atoms with Gasteiger partial charge in [-0.05, 0) is 48.2 Å². The van der Waals surface area contributed by atoms with Gasteiger partial charge in [0.05, 0.1) is 12.8 Å². The predicted molar refractivity (Wildman–Crippen MR) is 100 cm³/mol. The Balaban J connectivity index is 1.91. The van der Waals surface area contributed by atoms with Crippen molar-refractivity contribution in [1.29, 1.82) is 0 Å². The molecule has 1 amide bonds. The third-order valence-corrected chi connectivity index (χ3v) is 4.38. The van der Waals surface area contributed by atoms with Crippen LogP contribution in [0.5, 0.6) is 0 Å². The summed E-state index contributed by atoms with van der Waals surface area (Å²) in [5.41, 5.74) is 2.67. The van der Waals surface area contributed by atoms with Crippen molar-refractivity contribution in [2.75, 3.05) is 18.7 Å². The van der Waals surface area contributed by atoms with Crippen molar-refractivity contribution >= 4 is 23.4 Å². The van der Waals surface area contributed by atoms with E-state index in [2.05, 4.69) is 10.3 Å². The number of halogens is 1. The molecule has 1 aromatic heterocycles. The zero-order valence-electron chi connectivity index (χ0n) is 14.4. The van der Waals surface area contributed by atoms with Crippen molar-refractivity contribution < 1.29 is 13.9 Å². The number of ether oxygens (including phenoxy) is 1. The van der Waals surface area contributed by atoms with E-state index in [1.807, 2.05) is 30.5 Å². The van der Waals surface area contributed by atoms with Gasteiger partial charge >= 0.3 is 0 Å². The van der Waals surface area contributed by atoms with Gasteiger partial charge in [0.15, 0.2) is 5.16 Å². The highest BCUT2D eigenvalue weighted by atomic mass is 32.2. The van der Waals surface area contributed by atoms with E-state index in [9.17, 15) is 9.18 Å². The molecule has 1 N–H and O–H groups in total. The number of methoxy groups -OCH3 is 1. The lowest BCUT2D eigenvalue weighted by Crippen LogP contribution is -2.16. The van der Waals surface area contributed by atoms with Crippen LogP contribution in [0.1, 0.15) is 16.1 Å². The largest absolute Gasteiger partial charge is 0.380 e. The quantitative estimate of drug-likeness (QED) is 0.662. The maximum atomic E-state index is 13.2. The number of nitrogens with zero attached hydrogens (tertiary/aromatic N) is 2. The van der Waals surface area contributed by atoms with Crippen LogP contribution in [0.3, 0.4) is 0 Å². The molecule has 0 aliphatic rings. The number of rotatable bonds is 6. The van der Waals surface area contributed by atoms with E-state index in [1.54, 1.807) is 23.8 Å². The van der Waals surface area contributed by atoms with E-state index in [4.69, 9.17) is 4.74 Å². The first-order chi connectivity index (χ1) is 12.6. The number of carbonyl (C=O) groups excluding carboxylic acids is 1. The van der Waals surface area contributed by atoms with Crippen LogP contribution in [0.4, 0.5) is 10.1 Å². The summed E-state index contributed by atoms with van der Waals surface area (Å²) in [6.45, 7) is 0.466. The SMILES string of the molecule is COCc1cccc(NC(=O)c2cnc(SC)n2-c2ccc(F)cc2)c1. The van der Waals surface area contributed by atoms with Crippen LogP contribution in [-0.2, 0) is 11.3 Å². The summed E-state index contributed by atoms with van der Waals surface area (Å²) >= 11 is 1.41. The first-order valence-electron chi connectivity index (χ1n) is 7.89. The molecule has 0 aliphatic carbocycles. The minimum absolute atomic E-state index is 0.295. The normalized spacial score (nSPS) is 10.7. The maximum Gasteiger partial charge on any atom is 0.274 e. The lowest BCUT2D eigenvalue weighted by atomic mass is 10.2. The van der Waals surface area contributed by atoms with E-state index >= 15 is 0 Å². The number of amides is 1. The number of carbonyl (C=O) groups is 1. The van der Waals surface area contributed by atoms with Crippen molar-refractivity contribution in [1.82, 2.24) is 9.55 Å². The zero-order chi connectivity index (χ0) is 18.5. The molecule has 1 heterocycles. The van der Waals surface area contributed by atoms with Gasteiger partial charge < -0.3 is 10.1 Å². The number of benzene rings is 2. The number of thioether (sulfide) groups is 1. The molecule has 3 rings (SSSR count). The second-order valence-corrected chi connectivity index (χ2v) is 6.30. The van der Waals surface area contributed by atoms with Crippen molar-refractivity contribution in [2.45, 2.75) is 11.8 Å². The summed E-state index contributed by atoms with van der Waals surface area (Å²) in [7, 11) is 1.62. The molecule has 0 saturated heterocycles. The Labute approximate surface area is 155 Å². The molecule has 0 saturated carbocycles. The van der Waals surface area contributed by atoms with Crippen LogP contribution in [-0.4, -0.2) is 28.8 Å². The minimum Gasteiger partial charge on any atom is -0.380 e. The molecule has 5 nitrogen and oxygen atoms in total. The number of nitrogens with one attached hydrogen (secondary N) is 1. The smallest absolute Gasteiger partial charge is 0.274 e. The molecule has 0 atom stereocenters. The van der Waals surface area contributed by atoms with Gasteiger partial charge in [-0.3, -0.25) is 9.36 Å². The maximum absolute atomic E-state index is 13.2. The van der Waals surface area contributed by atoms with Crippen molar-refractivity contribution in [2.24, 2.45) is 0 Å². The molecule has 0 spiro atoms. The summed E-state index contributed by atoms with van der Waals surface area (Å²) in [5.74, 6) is -0.628. The Morgan fingerprint density at radius 2 is 2.04 bits per heavy atom. The average molecular weight is 371 g/mol. The second-order valence-electron chi connectivity index (χ2n) is 5.53. The van der Waals surface area contributed by atoms with Gasteiger partial charge in [0.25, 0.3) is 5.91 Å². The number of hydrogen-bond acceptors (Lipinski definition) is 4. The molecule has 0 aliphatic heterocycles. The van der Waals surface area contributed by atoms with Gasteiger partial charge in [-0.25, -0.2) is 9.37 Å². The van der Waals surface area contributed by atoms with Gasteiger partial charge in [0.1, 0.15) is 11.5 Å². The van der Waals surface area contributed by atoms with Gasteiger partial charge in [-0.15, -0.1) is 0 Å². The monoisotopic (exact) mass is 371 g/mol. The molecular weight excluding hydrogens is 353 g/mol. The Morgan fingerprint density at radius 3 is 2.73 bits per heavy atom. The molecule has 7 heteroatoms. The first-order valence-corrected chi connectivity index (χ1v) is 9.11. The lowest BCUT2D eigenvalue weighted by molar-refractivity contribution is 0.102. The van der Waals surface area contributed by atoms with E-state index in [0.29, 0.717) is 28.8 Å². The number of aromatic nitrogens is 2. The fraction of sp³-hybridized carbons (Fsp3) is 0.158. The lowest BCUT2D eigenvalue weighted by Gasteiger charge is -2.12. The highest BCUT2D eigenvalue weighted by Gasteiger charge is 2.18. The Kier molecular flexibility index (Phi) is 5.70. The van der Waals surface area contributed by atoms with Crippen LogP contribution in [0, 0.1) is 5.82 Å². The van der Waals surface area contributed by atoms with Crippen molar-refractivity contribution in [3.63, 3.8) is 0 Å². The van der Waals surface area contributed by atoms with Crippen molar-refractivity contribution in [3.8, 4) is 5.69 Å². The zero-order valence-corrected chi connectivity index (χ0v) is 15.2. The van der Waals surface area contributed by atoms with Gasteiger partial charge in [0, 0.05) is 18.5 Å². The average Bonchev–Trinajstić information content (AvgIpc) is 3.07. The highest BCUT2D eigenvalue weighted by molar-refractivity contribution is 7.98. The molecule has 0 bridgehead atoms. The van der Waals surface area contributed by atoms with E-state index in [-0.39, 0.29) is 11.7 Å². The summed E-state index contributed by atoms with van der Waals surface area (Å²) in [6, 6.07) is 13.4. The van der Waals surface area contributed by atoms with Crippen LogP contribution in [0.25, 0.3) is 5.69 Å². The second kappa shape index (κ2) is 8.16. The van der Waals surface area contributed by atoms with Gasteiger partial charge in [-0.2, -0.15) is 0 Å². The van der Waals surface area contributed by atoms with Gasteiger partial charge in [-0.1, -0.05) is 23.9 Å². The fourth-order valence-corrected chi connectivity index (χ4v) is 3.12. The van der Waals surface area contributed by atoms with Crippen molar-refractivity contribution in [3.05, 3.63) is 71.8 Å². The molecule has 134 valence electrons. The predicted octanol–water partition coefficient (Wildman–Crippen LogP) is 4.13. The van der Waals surface area contributed by atoms with E-state index in [1.165, 1.54) is 30.1 Å². The van der Waals surface area contributed by atoms with Crippen LogP contribution in [0.2, 0.25) is 0 Å². The Hall–Kier alpha value is -2.64. The molecular formula is C19H18FN3O2S. The molecule has 0 unspecified atom stereocenters. The molecule has 0 fully saturated rings. The van der Waals surface area contributed by atoms with Crippen LogP contribution in [0.15, 0.2) is 59.9 Å². The number of hydrogen-bond donors (Lipinski definition) is 1. The summed E-state index contributed by atoms with van der Waals surface area (Å²) < 4.78 is 20.1. The highest BCUT2D eigenvalue weighted by Crippen LogP contribution is 2.23. The summed E-state index contributed by atoms with van der Waals surface area (Å²) in [6.07, 6.45) is 3.39. The van der Waals surface area contributed by atoms with E-state index < -0.39 is 0 Å². The Bertz CT molecular complexity index is 909. The molecule has 2 aromatic carbocycles. The van der Waals surface area contributed by atoms with Gasteiger partial charge in [0.2, 0.25) is 0 Å². The molecule has 0 radical (unpaired) electrons. The van der Waals surface area contributed by atoms with Crippen LogP contribution < -0.4 is 5.32 Å². The standard InChI is InChI=1S/C19H18FN3O2S/c1-25-12-13-4-3-5-15(10-13)22-18(24)17-11-21-19(26-2)23(17)16-8-6-14(20)7-9-16/h3-11H,12H2,1-2H3,(H,22,24). The molecule has 3 aromatic rings. The topological polar surface area (TPSA) is 56.1 Å².